The first kappa shape index (κ1) is 14.1. The van der Waals surface area contributed by atoms with Gasteiger partial charge in [0.05, 0.1) is 10.6 Å². The summed E-state index contributed by atoms with van der Waals surface area (Å²) < 4.78 is 1.92. The molecule has 0 radical (unpaired) electrons. The standard InChI is InChI=1S/C15H9N3S4/c1-2-5-10(6-3-1)11-9-20-14(16-11)22-15-18-17-13(21-15)12-7-4-8-19-12/h1-9H. The van der Waals surface area contributed by atoms with E-state index in [9.17, 15) is 0 Å². The Labute approximate surface area is 143 Å². The largest absolute Gasteiger partial charge is 0.229 e. The molecule has 0 fully saturated rings. The molecule has 0 aliphatic rings. The molecule has 0 N–H and O–H groups in total. The van der Waals surface area contributed by atoms with Gasteiger partial charge in [0, 0.05) is 10.9 Å². The average molecular weight is 360 g/mol. The highest BCUT2D eigenvalue weighted by molar-refractivity contribution is 8.02. The Morgan fingerprint density at radius 1 is 0.864 bits per heavy atom. The zero-order chi connectivity index (χ0) is 14.8. The molecule has 0 amide bonds. The Morgan fingerprint density at radius 2 is 1.77 bits per heavy atom. The molecular weight excluding hydrogens is 350 g/mol. The van der Waals surface area contributed by atoms with Gasteiger partial charge in [0.2, 0.25) is 0 Å². The van der Waals surface area contributed by atoms with Crippen molar-refractivity contribution >= 4 is 45.8 Å². The molecule has 0 atom stereocenters. The van der Waals surface area contributed by atoms with Crippen molar-refractivity contribution in [2.24, 2.45) is 0 Å². The van der Waals surface area contributed by atoms with Crippen LogP contribution in [-0.2, 0) is 0 Å². The number of benzene rings is 1. The van der Waals surface area contributed by atoms with Crippen molar-refractivity contribution in [3.05, 3.63) is 53.2 Å². The average Bonchev–Trinajstić information content (AvgIpc) is 3.30. The summed E-state index contributed by atoms with van der Waals surface area (Å²) in [4.78, 5) is 5.83. The van der Waals surface area contributed by atoms with Crippen LogP contribution in [0.1, 0.15) is 0 Å². The summed E-state index contributed by atoms with van der Waals surface area (Å²) in [5.74, 6) is 0. The van der Waals surface area contributed by atoms with Gasteiger partial charge in [0.15, 0.2) is 13.7 Å². The van der Waals surface area contributed by atoms with Crippen molar-refractivity contribution in [3.63, 3.8) is 0 Å². The molecule has 3 nitrogen and oxygen atoms in total. The molecule has 4 aromatic rings. The van der Waals surface area contributed by atoms with E-state index in [1.54, 1.807) is 45.8 Å². The third-order valence-corrected chi connectivity index (χ3v) is 6.82. The fourth-order valence-electron chi connectivity index (χ4n) is 1.87. The molecule has 0 bridgehead atoms. The third-order valence-electron chi connectivity index (χ3n) is 2.87. The molecule has 0 spiro atoms. The maximum Gasteiger partial charge on any atom is 0.181 e. The van der Waals surface area contributed by atoms with Gasteiger partial charge in [-0.3, -0.25) is 0 Å². The predicted octanol–water partition coefficient (Wildman–Crippen LogP) is 5.54. The van der Waals surface area contributed by atoms with Crippen LogP contribution in [0.25, 0.3) is 21.1 Å². The summed E-state index contributed by atoms with van der Waals surface area (Å²) >= 11 is 6.51. The van der Waals surface area contributed by atoms with Crippen molar-refractivity contribution in [1.82, 2.24) is 15.2 Å². The Balaban J connectivity index is 1.54. The van der Waals surface area contributed by atoms with Gasteiger partial charge in [-0.2, -0.15) is 0 Å². The highest BCUT2D eigenvalue weighted by Gasteiger charge is 2.11. The van der Waals surface area contributed by atoms with Gasteiger partial charge >= 0.3 is 0 Å². The van der Waals surface area contributed by atoms with Crippen LogP contribution in [0.3, 0.4) is 0 Å². The van der Waals surface area contributed by atoms with E-state index < -0.39 is 0 Å². The lowest BCUT2D eigenvalue weighted by atomic mass is 10.2. The highest BCUT2D eigenvalue weighted by atomic mass is 32.2. The number of rotatable bonds is 4. The number of aromatic nitrogens is 3. The molecule has 0 aliphatic heterocycles. The second kappa shape index (κ2) is 6.29. The third kappa shape index (κ3) is 2.98. The topological polar surface area (TPSA) is 38.7 Å². The Hall–Kier alpha value is -1.54. The zero-order valence-corrected chi connectivity index (χ0v) is 14.4. The first-order valence-corrected chi connectivity index (χ1v) is 9.84. The van der Waals surface area contributed by atoms with Crippen molar-refractivity contribution < 1.29 is 0 Å². The lowest BCUT2D eigenvalue weighted by molar-refractivity contribution is 1.01. The van der Waals surface area contributed by atoms with Crippen LogP contribution >= 0.6 is 45.8 Å². The Bertz CT molecular complexity index is 865. The molecular formula is C15H9N3S4. The van der Waals surface area contributed by atoms with Gasteiger partial charge < -0.3 is 0 Å². The second-order valence-corrected chi connectivity index (χ2v) is 8.59. The van der Waals surface area contributed by atoms with Gasteiger partial charge in [0.25, 0.3) is 0 Å². The SMILES string of the molecule is c1ccc(-c2csc(Sc3nnc(-c4cccs4)s3)n2)cc1. The maximum atomic E-state index is 4.67. The number of thiazole rings is 1. The van der Waals surface area contributed by atoms with Crippen LogP contribution < -0.4 is 0 Å². The van der Waals surface area contributed by atoms with E-state index >= 15 is 0 Å². The molecule has 108 valence electrons. The number of hydrogen-bond donors (Lipinski definition) is 0. The van der Waals surface area contributed by atoms with Crippen LogP contribution in [0.15, 0.2) is 61.9 Å². The number of nitrogens with zero attached hydrogens (tertiary/aromatic N) is 3. The molecule has 1 aromatic carbocycles. The molecule has 4 rings (SSSR count). The molecule has 0 saturated carbocycles. The fourth-order valence-corrected chi connectivity index (χ4v) is 5.54. The van der Waals surface area contributed by atoms with E-state index in [0.29, 0.717) is 0 Å². The molecule has 0 saturated heterocycles. The summed E-state index contributed by atoms with van der Waals surface area (Å²) in [6, 6.07) is 14.3. The highest BCUT2D eigenvalue weighted by Crippen LogP contribution is 2.37. The van der Waals surface area contributed by atoms with Crippen LogP contribution in [-0.4, -0.2) is 15.2 Å². The lowest BCUT2D eigenvalue weighted by Gasteiger charge is -1.93. The van der Waals surface area contributed by atoms with Gasteiger partial charge in [-0.25, -0.2) is 4.98 Å². The molecule has 0 unspecified atom stereocenters. The van der Waals surface area contributed by atoms with Crippen molar-refractivity contribution in [1.29, 1.82) is 0 Å². The monoisotopic (exact) mass is 359 g/mol. The van der Waals surface area contributed by atoms with Crippen LogP contribution in [0.4, 0.5) is 0 Å². The maximum absolute atomic E-state index is 4.67. The first-order chi connectivity index (χ1) is 10.9. The van der Waals surface area contributed by atoms with E-state index in [1.165, 1.54) is 0 Å². The van der Waals surface area contributed by atoms with Crippen LogP contribution in [0, 0.1) is 0 Å². The van der Waals surface area contributed by atoms with Gasteiger partial charge in [-0.05, 0) is 23.2 Å². The second-order valence-electron chi connectivity index (χ2n) is 4.32. The van der Waals surface area contributed by atoms with Gasteiger partial charge in [-0.15, -0.1) is 32.9 Å². The van der Waals surface area contributed by atoms with Crippen molar-refractivity contribution in [3.8, 4) is 21.1 Å². The van der Waals surface area contributed by atoms with E-state index in [4.69, 9.17) is 0 Å². The smallest absolute Gasteiger partial charge is 0.181 e. The predicted molar refractivity (Wildman–Crippen MR) is 94.9 cm³/mol. The zero-order valence-electron chi connectivity index (χ0n) is 11.2. The molecule has 3 heterocycles. The Kier molecular flexibility index (Phi) is 4.03. The van der Waals surface area contributed by atoms with E-state index in [-0.39, 0.29) is 0 Å². The first-order valence-electron chi connectivity index (χ1n) is 6.45. The molecule has 0 aliphatic carbocycles. The quantitative estimate of drug-likeness (QED) is 0.479. The van der Waals surface area contributed by atoms with Crippen LogP contribution in [0.5, 0.6) is 0 Å². The van der Waals surface area contributed by atoms with E-state index in [0.717, 1.165) is 29.8 Å². The normalized spacial score (nSPS) is 10.9. The van der Waals surface area contributed by atoms with E-state index in [2.05, 4.69) is 44.1 Å². The summed E-state index contributed by atoms with van der Waals surface area (Å²) in [6.07, 6.45) is 0. The lowest BCUT2D eigenvalue weighted by Crippen LogP contribution is -1.77. The summed E-state index contributed by atoms with van der Waals surface area (Å²) in [5, 5.41) is 13.6. The summed E-state index contributed by atoms with van der Waals surface area (Å²) in [5.41, 5.74) is 2.15. The molecule has 7 heteroatoms. The summed E-state index contributed by atoms with van der Waals surface area (Å²) in [6.45, 7) is 0. The number of thiophene rings is 1. The van der Waals surface area contributed by atoms with Crippen LogP contribution in [0.2, 0.25) is 0 Å². The minimum absolute atomic E-state index is 0.928. The summed E-state index contributed by atoms with van der Waals surface area (Å²) in [7, 11) is 0. The Morgan fingerprint density at radius 3 is 2.59 bits per heavy atom. The minimum atomic E-state index is 0.928. The minimum Gasteiger partial charge on any atom is -0.229 e. The fraction of sp³-hybridized carbons (Fsp3) is 0. The van der Waals surface area contributed by atoms with Gasteiger partial charge in [-0.1, -0.05) is 47.7 Å². The van der Waals surface area contributed by atoms with Crippen molar-refractivity contribution in [2.75, 3.05) is 0 Å². The van der Waals surface area contributed by atoms with Crippen molar-refractivity contribution in [2.45, 2.75) is 8.68 Å². The molecule has 3 aromatic heterocycles. The van der Waals surface area contributed by atoms with E-state index in [1.807, 2.05) is 24.3 Å². The van der Waals surface area contributed by atoms with Gasteiger partial charge in [0.1, 0.15) is 0 Å². The number of hydrogen-bond acceptors (Lipinski definition) is 7. The molecule has 22 heavy (non-hydrogen) atoms.